The highest BCUT2D eigenvalue weighted by atomic mass is 16.3. The first-order valence-electron chi connectivity index (χ1n) is 19.4. The third-order valence-corrected chi connectivity index (χ3v) is 10.6. The van der Waals surface area contributed by atoms with Gasteiger partial charge in [0.1, 0.15) is 11.2 Å². The number of benzene rings is 7. The Hall–Kier alpha value is -8.16. The average Bonchev–Trinajstić information content (AvgIpc) is 3.70. The zero-order valence-electron chi connectivity index (χ0n) is 31.6. The molecule has 0 aliphatic carbocycles. The van der Waals surface area contributed by atoms with Crippen LogP contribution in [-0.2, 0) is 0 Å². The van der Waals surface area contributed by atoms with Gasteiger partial charge in [0.2, 0.25) is 5.71 Å². The molecule has 7 aromatic carbocycles. The van der Waals surface area contributed by atoms with Crippen LogP contribution in [0.5, 0.6) is 0 Å². The Labute approximate surface area is 339 Å². The molecule has 0 spiro atoms. The molecule has 0 atom stereocenters. The third-order valence-electron chi connectivity index (χ3n) is 10.6. The summed E-state index contributed by atoms with van der Waals surface area (Å²) in [7, 11) is 0. The van der Waals surface area contributed by atoms with Gasteiger partial charge in [0.15, 0.2) is 28.9 Å². The fourth-order valence-electron chi connectivity index (χ4n) is 7.71. The Bertz CT molecular complexity index is 3240. The number of hydrogen-bond acceptors (Lipinski definition) is 7. The highest BCUT2D eigenvalue weighted by Gasteiger charge is 2.22. The summed E-state index contributed by atoms with van der Waals surface area (Å²) < 4.78 is 6.56. The molecule has 7 heteroatoms. The molecule has 0 radical (unpaired) electrons. The summed E-state index contributed by atoms with van der Waals surface area (Å²) in [5.41, 5.74) is 11.4. The number of rotatable bonds is 7. The van der Waals surface area contributed by atoms with E-state index in [2.05, 4.69) is 78.9 Å². The van der Waals surface area contributed by atoms with Crippen molar-refractivity contribution in [3.05, 3.63) is 194 Å². The maximum atomic E-state index is 6.56. The monoisotopic (exact) mass is 756 g/mol. The van der Waals surface area contributed by atoms with Gasteiger partial charge in [-0.05, 0) is 33.5 Å². The van der Waals surface area contributed by atoms with Crippen molar-refractivity contribution in [2.45, 2.75) is 0 Å². The Morgan fingerprint density at radius 2 is 0.763 bits per heavy atom. The molecule has 4 heterocycles. The van der Waals surface area contributed by atoms with Crippen molar-refractivity contribution in [3.8, 4) is 79.1 Å². The molecule has 0 N–H and O–H groups in total. The largest absolute Gasteiger partial charge is 0.434 e. The first-order valence-corrected chi connectivity index (χ1v) is 19.4. The highest BCUT2D eigenvalue weighted by Crippen LogP contribution is 2.41. The molecule has 4 aromatic heterocycles. The minimum Gasteiger partial charge on any atom is -0.434 e. The smallest absolute Gasteiger partial charge is 0.229 e. The van der Waals surface area contributed by atoms with Gasteiger partial charge in [-0.2, -0.15) is 0 Å². The van der Waals surface area contributed by atoms with Gasteiger partial charge in [0, 0.05) is 39.6 Å². The van der Waals surface area contributed by atoms with Crippen LogP contribution < -0.4 is 0 Å². The lowest BCUT2D eigenvalue weighted by Gasteiger charge is -2.13. The summed E-state index contributed by atoms with van der Waals surface area (Å²) in [6.45, 7) is 0. The summed E-state index contributed by atoms with van der Waals surface area (Å²) >= 11 is 0. The van der Waals surface area contributed by atoms with Crippen LogP contribution in [0.2, 0.25) is 0 Å². The fourth-order valence-corrected chi connectivity index (χ4v) is 7.71. The molecule has 0 saturated carbocycles. The van der Waals surface area contributed by atoms with E-state index in [1.165, 1.54) is 0 Å². The quantitative estimate of drug-likeness (QED) is 0.160. The van der Waals surface area contributed by atoms with E-state index in [0.29, 0.717) is 40.3 Å². The van der Waals surface area contributed by atoms with Crippen LogP contribution in [-0.4, -0.2) is 29.9 Å². The molecule has 11 rings (SSSR count). The predicted molar refractivity (Wildman–Crippen MR) is 236 cm³/mol. The van der Waals surface area contributed by atoms with Crippen LogP contribution in [0, 0.1) is 0 Å². The molecule has 276 valence electrons. The van der Waals surface area contributed by atoms with Crippen LogP contribution in [0.4, 0.5) is 0 Å². The standard InChI is InChI=1S/C52H32N6O/c1-5-15-33(16-6-1)39-31-44-46-47(59-52(44)53-32-39)45(54-48(55-46)35-17-7-2-8-18-35)43-30-29-40(41-23-13-14-24-42(41)43)34-25-27-38(28-26-34)51-57-49(36-19-9-3-10-20-36)56-50(58-51)37-21-11-4-12-22-37/h1-32H. The minimum atomic E-state index is 0.520. The van der Waals surface area contributed by atoms with E-state index < -0.39 is 0 Å². The van der Waals surface area contributed by atoms with Gasteiger partial charge >= 0.3 is 0 Å². The fraction of sp³-hybridized carbons (Fsp3) is 0. The molecule has 59 heavy (non-hydrogen) atoms. The lowest BCUT2D eigenvalue weighted by Crippen LogP contribution is -2.00. The first-order chi connectivity index (χ1) is 29.2. The van der Waals surface area contributed by atoms with Gasteiger partial charge in [-0.25, -0.2) is 29.9 Å². The first kappa shape index (κ1) is 34.1. The Kier molecular flexibility index (Phi) is 8.33. The molecule has 0 aliphatic heterocycles. The van der Waals surface area contributed by atoms with Gasteiger partial charge in [-0.15, -0.1) is 0 Å². The third kappa shape index (κ3) is 6.27. The predicted octanol–water partition coefficient (Wildman–Crippen LogP) is 12.8. The molecule has 0 fully saturated rings. The van der Waals surface area contributed by atoms with Gasteiger partial charge in [0.25, 0.3) is 0 Å². The van der Waals surface area contributed by atoms with Crippen LogP contribution in [0.25, 0.3) is 112 Å². The van der Waals surface area contributed by atoms with Crippen LogP contribution in [0.1, 0.15) is 0 Å². The van der Waals surface area contributed by atoms with Crippen molar-refractivity contribution in [2.24, 2.45) is 0 Å². The van der Waals surface area contributed by atoms with Gasteiger partial charge in [-0.3, -0.25) is 0 Å². The Balaban J connectivity index is 1.04. The van der Waals surface area contributed by atoms with Gasteiger partial charge in [0.05, 0.1) is 5.39 Å². The van der Waals surface area contributed by atoms with Crippen molar-refractivity contribution in [1.29, 1.82) is 0 Å². The van der Waals surface area contributed by atoms with Crippen LogP contribution >= 0.6 is 0 Å². The van der Waals surface area contributed by atoms with E-state index in [1.54, 1.807) is 0 Å². The summed E-state index contributed by atoms with van der Waals surface area (Å²) in [5, 5.41) is 2.97. The highest BCUT2D eigenvalue weighted by molar-refractivity contribution is 6.12. The van der Waals surface area contributed by atoms with Crippen molar-refractivity contribution < 1.29 is 4.42 Å². The number of pyridine rings is 1. The Morgan fingerprint density at radius 1 is 0.322 bits per heavy atom. The SMILES string of the molecule is c1ccc(-c2cnc3oc4c(-c5ccc(-c6ccc(-c7nc(-c8ccccc8)nc(-c8ccccc8)n7)cc6)c6ccccc56)nc(-c5ccccc5)nc4c3c2)cc1. The molecular formula is C52H32N6O. The molecule has 0 unspecified atom stereocenters. The second-order valence-electron chi connectivity index (χ2n) is 14.3. The van der Waals surface area contributed by atoms with Crippen LogP contribution in [0.15, 0.2) is 199 Å². The minimum absolute atomic E-state index is 0.520. The van der Waals surface area contributed by atoms with Gasteiger partial charge < -0.3 is 4.42 Å². The molecule has 0 amide bonds. The van der Waals surface area contributed by atoms with Crippen molar-refractivity contribution in [2.75, 3.05) is 0 Å². The number of furan rings is 1. The topological polar surface area (TPSA) is 90.5 Å². The van der Waals surface area contributed by atoms with E-state index in [0.717, 1.165) is 71.7 Å². The molecule has 0 bridgehead atoms. The lowest BCUT2D eigenvalue weighted by atomic mass is 9.93. The van der Waals surface area contributed by atoms with Crippen molar-refractivity contribution >= 4 is 33.0 Å². The van der Waals surface area contributed by atoms with Crippen molar-refractivity contribution in [3.63, 3.8) is 0 Å². The van der Waals surface area contributed by atoms with E-state index in [9.17, 15) is 0 Å². The molecule has 0 saturated heterocycles. The van der Waals surface area contributed by atoms with E-state index >= 15 is 0 Å². The lowest BCUT2D eigenvalue weighted by molar-refractivity contribution is 0.653. The second-order valence-corrected chi connectivity index (χ2v) is 14.3. The zero-order valence-corrected chi connectivity index (χ0v) is 31.6. The number of aromatic nitrogens is 6. The number of fused-ring (bicyclic) bond motifs is 4. The Morgan fingerprint density at radius 3 is 1.32 bits per heavy atom. The number of hydrogen-bond donors (Lipinski definition) is 0. The van der Waals surface area contributed by atoms with Crippen LogP contribution in [0.3, 0.4) is 0 Å². The summed E-state index contributed by atoms with van der Waals surface area (Å²) in [6.07, 6.45) is 1.85. The molecule has 0 aliphatic rings. The summed E-state index contributed by atoms with van der Waals surface area (Å²) in [5.74, 6) is 2.49. The maximum absolute atomic E-state index is 6.56. The number of nitrogens with zero attached hydrogens (tertiary/aromatic N) is 6. The van der Waals surface area contributed by atoms with E-state index in [4.69, 9.17) is 34.3 Å². The average molecular weight is 757 g/mol. The zero-order chi connectivity index (χ0) is 39.1. The molecule has 7 nitrogen and oxygen atoms in total. The maximum Gasteiger partial charge on any atom is 0.229 e. The van der Waals surface area contributed by atoms with E-state index in [1.807, 2.05) is 115 Å². The van der Waals surface area contributed by atoms with Gasteiger partial charge in [-0.1, -0.05) is 182 Å². The normalized spacial score (nSPS) is 11.4. The summed E-state index contributed by atoms with van der Waals surface area (Å²) in [6, 6.07) is 63.7. The molecular weight excluding hydrogens is 725 g/mol. The second kappa shape index (κ2) is 14.4. The summed E-state index contributed by atoms with van der Waals surface area (Å²) in [4.78, 5) is 29.8. The van der Waals surface area contributed by atoms with Crippen molar-refractivity contribution in [1.82, 2.24) is 29.9 Å². The van der Waals surface area contributed by atoms with E-state index in [-0.39, 0.29) is 0 Å². The molecule has 11 aromatic rings.